The summed E-state index contributed by atoms with van der Waals surface area (Å²) in [4.78, 5) is 2.43. The smallest absolute Gasteiger partial charge is 0.179 e. The molecule has 0 unspecified atom stereocenters. The lowest BCUT2D eigenvalue weighted by Crippen LogP contribution is -2.74. The van der Waals surface area contributed by atoms with E-state index in [4.69, 9.17) is 0 Å². The van der Waals surface area contributed by atoms with E-state index >= 15 is 0 Å². The van der Waals surface area contributed by atoms with Gasteiger partial charge in [0.1, 0.15) is 0 Å². The Labute approximate surface area is 641 Å². The molecule has 107 heavy (non-hydrogen) atoms. The molecular weight excluding hydrogens is 1390 g/mol. The largest absolute Gasteiger partial charge is 0.356 e. The highest BCUT2D eigenvalue weighted by molar-refractivity contribution is 9.10. The van der Waals surface area contributed by atoms with Crippen LogP contribution in [0.2, 0.25) is 0 Å². The van der Waals surface area contributed by atoms with Gasteiger partial charge in [-0.1, -0.05) is 395 Å². The summed E-state index contributed by atoms with van der Waals surface area (Å²) in [6.45, 7) is 9.35. The Morgan fingerprint density at radius 1 is 0.224 bits per heavy atom. The predicted molar refractivity (Wildman–Crippen MR) is 465 cm³/mol. The lowest BCUT2D eigenvalue weighted by molar-refractivity contribution is 0.660. The van der Waals surface area contributed by atoms with E-state index in [0.717, 1.165) is 32.9 Å². The second-order valence-corrected chi connectivity index (χ2v) is 37.4. The molecule has 5 heteroatoms. The van der Waals surface area contributed by atoms with E-state index in [-0.39, 0.29) is 10.8 Å². The molecule has 2 aliphatic carbocycles. The zero-order valence-corrected chi connectivity index (χ0v) is 64.3. The van der Waals surface area contributed by atoms with Crippen LogP contribution in [0.3, 0.4) is 0 Å². The van der Waals surface area contributed by atoms with Crippen LogP contribution in [-0.2, 0) is 10.8 Å². The first-order valence-electron chi connectivity index (χ1n) is 37.1. The molecule has 0 atom stereocenters. The SMILES string of the molecule is Brc1ccc([Si](c2ccccc2)(c2ccccc2)c2ccccc2)cc1.CC1(C)c2ccccc2-c2ccc(N(c3ccc(-c4ccccc4)cc3)c3ccc([Si](c4ccccc4)(c4ccccc4)c4ccccc4)cc3)cc21.CC1(C)c2ccccc2-c2ccc(Nc3ccc(-c4ccccc4)cc3)cc21. The Hall–Kier alpha value is -12.0. The lowest BCUT2D eigenvalue weighted by Gasteiger charge is -2.35. The van der Waals surface area contributed by atoms with Gasteiger partial charge >= 0.3 is 0 Å². The average molecular weight is 1470 g/mol. The summed E-state index contributed by atoms with van der Waals surface area (Å²) in [5, 5.41) is 14.7. The number of hydrogen-bond acceptors (Lipinski definition) is 2. The molecule has 1 N–H and O–H groups in total. The Morgan fingerprint density at radius 2 is 0.486 bits per heavy atom. The molecule has 0 heterocycles. The number of hydrogen-bond donors (Lipinski definition) is 1. The van der Waals surface area contributed by atoms with Crippen molar-refractivity contribution in [3.63, 3.8) is 0 Å². The van der Waals surface area contributed by atoms with Crippen LogP contribution in [0.4, 0.5) is 28.4 Å². The van der Waals surface area contributed by atoms with Crippen LogP contribution in [0.5, 0.6) is 0 Å². The maximum absolute atomic E-state index is 3.60. The van der Waals surface area contributed by atoms with Crippen molar-refractivity contribution in [3.05, 3.63) is 451 Å². The van der Waals surface area contributed by atoms with Gasteiger partial charge in [-0.3, -0.25) is 0 Å². The average Bonchev–Trinajstić information content (AvgIpc) is 1.52. The van der Waals surface area contributed by atoms with Crippen LogP contribution >= 0.6 is 15.9 Å². The van der Waals surface area contributed by atoms with Crippen molar-refractivity contribution >= 4 is 102 Å². The molecule has 2 nitrogen and oxygen atoms in total. The zero-order valence-electron chi connectivity index (χ0n) is 60.7. The van der Waals surface area contributed by atoms with Gasteiger partial charge in [-0.2, -0.15) is 0 Å². The second kappa shape index (κ2) is 30.2. The number of benzene rings is 16. The van der Waals surface area contributed by atoms with Crippen molar-refractivity contribution in [2.75, 3.05) is 10.2 Å². The van der Waals surface area contributed by atoms with Gasteiger partial charge < -0.3 is 10.2 Å². The standard InChI is InChI=1S/C51H41NSi.C27H23N.C24H19BrSi/c1-51(2)49-26-16-15-25-47(49)48-36-33-42(37-50(48)51)52(40-29-27-39(28-30-40)38-17-7-3-8-18-38)41-31-34-46(35-32-41)53(43-19-9-4-10-20-43,44-21-11-5-12-22-44)45-23-13-6-14-24-45;1-27(2)25-11-7-6-10-23(25)24-17-16-22(18-26(24)27)28-21-14-12-20(13-15-21)19-8-4-3-5-9-19;25-20-16-18-24(19-17-20)26(21-10-4-1-5-11-21,22-12-6-2-7-13-22)23-14-8-3-9-15-23/h3-37H,1-2H3;3-18,28H,1-2H3;1-19H. The summed E-state index contributed by atoms with van der Waals surface area (Å²) in [6.07, 6.45) is 0. The van der Waals surface area contributed by atoms with Gasteiger partial charge in [0.25, 0.3) is 0 Å². The molecule has 0 saturated carbocycles. The molecule has 0 aliphatic heterocycles. The second-order valence-electron chi connectivity index (χ2n) is 28.9. The third-order valence-electron chi connectivity index (χ3n) is 22.0. The van der Waals surface area contributed by atoms with E-state index in [1.54, 1.807) is 0 Å². The maximum Gasteiger partial charge on any atom is 0.179 e. The molecule has 0 amide bonds. The molecular formula is C102H83BrN2Si2. The highest BCUT2D eigenvalue weighted by atomic mass is 79.9. The monoisotopic (exact) mass is 1470 g/mol. The number of nitrogens with zero attached hydrogens (tertiary/aromatic N) is 1. The maximum atomic E-state index is 3.60. The third kappa shape index (κ3) is 13.4. The molecule has 516 valence electrons. The van der Waals surface area contributed by atoms with Crippen molar-refractivity contribution in [3.8, 4) is 44.5 Å². The summed E-state index contributed by atoms with van der Waals surface area (Å²) in [5.41, 5.74) is 21.4. The molecule has 0 saturated heterocycles. The molecule has 0 fully saturated rings. The van der Waals surface area contributed by atoms with E-state index in [0.29, 0.717) is 0 Å². The first-order valence-corrected chi connectivity index (χ1v) is 41.9. The minimum atomic E-state index is -2.65. The van der Waals surface area contributed by atoms with Crippen molar-refractivity contribution in [2.24, 2.45) is 0 Å². The molecule has 16 aromatic rings. The van der Waals surface area contributed by atoms with Crippen LogP contribution in [0, 0.1) is 0 Å². The molecule has 0 radical (unpaired) electrons. The topological polar surface area (TPSA) is 15.3 Å². The van der Waals surface area contributed by atoms with Crippen molar-refractivity contribution < 1.29 is 0 Å². The summed E-state index contributed by atoms with van der Waals surface area (Å²) < 4.78 is 1.11. The predicted octanol–water partition coefficient (Wildman–Crippen LogP) is 21.7. The van der Waals surface area contributed by atoms with Crippen LogP contribution in [0.1, 0.15) is 49.9 Å². The quantitative estimate of drug-likeness (QED) is 0.0813. The van der Waals surface area contributed by atoms with Gasteiger partial charge in [0.2, 0.25) is 0 Å². The molecule has 0 bridgehead atoms. The van der Waals surface area contributed by atoms with Gasteiger partial charge in [0.15, 0.2) is 16.1 Å². The Bertz CT molecular complexity index is 5480. The Kier molecular flexibility index (Phi) is 19.6. The van der Waals surface area contributed by atoms with E-state index in [9.17, 15) is 0 Å². The highest BCUT2D eigenvalue weighted by Crippen LogP contribution is 2.52. The normalized spacial score (nSPS) is 12.7. The summed E-state index contributed by atoms with van der Waals surface area (Å²) in [6, 6.07) is 155. The fourth-order valence-electron chi connectivity index (χ4n) is 16.7. The first-order chi connectivity index (χ1) is 52.5. The van der Waals surface area contributed by atoms with Crippen LogP contribution in [0.15, 0.2) is 429 Å². The van der Waals surface area contributed by atoms with Gasteiger partial charge in [0.05, 0.1) is 0 Å². The van der Waals surface area contributed by atoms with Crippen molar-refractivity contribution in [1.29, 1.82) is 0 Å². The van der Waals surface area contributed by atoms with E-state index in [2.05, 4.69) is 472 Å². The number of rotatable bonds is 15. The summed E-state index contributed by atoms with van der Waals surface area (Å²) >= 11 is 3.60. The van der Waals surface area contributed by atoms with Crippen LogP contribution < -0.4 is 51.7 Å². The minimum Gasteiger partial charge on any atom is -0.356 e. The third-order valence-corrected chi connectivity index (χ3v) is 32.1. The van der Waals surface area contributed by atoms with E-state index in [1.807, 2.05) is 6.07 Å². The molecule has 16 aromatic carbocycles. The number of anilines is 5. The lowest BCUT2D eigenvalue weighted by atomic mass is 9.82. The fraction of sp³-hybridized carbons (Fsp3) is 0.0588. The zero-order chi connectivity index (χ0) is 72.8. The van der Waals surface area contributed by atoms with Gasteiger partial charge in [-0.25, -0.2) is 0 Å². The Balaban J connectivity index is 0.000000136. The molecule has 0 aromatic heterocycles. The number of nitrogens with one attached hydrogen (secondary N) is 1. The highest BCUT2D eigenvalue weighted by Gasteiger charge is 2.43. The molecule has 2 aliphatic rings. The van der Waals surface area contributed by atoms with E-state index in [1.165, 1.54) is 108 Å². The minimum absolute atomic E-state index is 0.0286. The van der Waals surface area contributed by atoms with Crippen LogP contribution in [-0.4, -0.2) is 16.1 Å². The molecule has 18 rings (SSSR count). The Morgan fingerprint density at radius 3 is 0.869 bits per heavy atom. The fourth-order valence-corrected chi connectivity index (χ4v) is 26.5. The first kappa shape index (κ1) is 69.4. The van der Waals surface area contributed by atoms with Crippen molar-refractivity contribution in [1.82, 2.24) is 0 Å². The number of halogens is 1. The van der Waals surface area contributed by atoms with Crippen molar-refractivity contribution in [2.45, 2.75) is 38.5 Å². The number of fused-ring (bicyclic) bond motifs is 6. The van der Waals surface area contributed by atoms with Gasteiger partial charge in [-0.05, 0) is 181 Å². The van der Waals surface area contributed by atoms with Crippen LogP contribution in [0.25, 0.3) is 44.5 Å². The van der Waals surface area contributed by atoms with E-state index < -0.39 is 16.1 Å². The molecule has 0 spiro atoms. The summed E-state index contributed by atoms with van der Waals surface area (Å²) in [7, 11) is -4.99. The summed E-state index contributed by atoms with van der Waals surface area (Å²) in [5.74, 6) is 0. The van der Waals surface area contributed by atoms with Gasteiger partial charge in [0, 0.05) is 43.7 Å². The van der Waals surface area contributed by atoms with Gasteiger partial charge in [-0.15, -0.1) is 0 Å².